The standard InChI is InChI=1S/C9H17BO4/c1-5-9(4-11-2)7(12-3)6(13-5)8(10)14-9/h5-8H,4,10H2,1-3H3/t5?,6?,7?,8-,9+/m1/s1. The molecule has 0 amide bonds. The van der Waals surface area contributed by atoms with Gasteiger partial charge in [0.2, 0.25) is 0 Å². The highest BCUT2D eigenvalue weighted by Gasteiger charge is 2.64. The minimum Gasteiger partial charge on any atom is -0.381 e. The summed E-state index contributed by atoms with van der Waals surface area (Å²) < 4.78 is 22.4. The van der Waals surface area contributed by atoms with Crippen molar-refractivity contribution in [2.75, 3.05) is 20.8 Å². The van der Waals surface area contributed by atoms with E-state index in [2.05, 4.69) is 0 Å². The van der Waals surface area contributed by atoms with Crippen LogP contribution in [0.2, 0.25) is 0 Å². The molecular formula is C9H17BO4. The highest BCUT2D eigenvalue weighted by Crippen LogP contribution is 2.44. The first-order valence-electron chi connectivity index (χ1n) is 5.00. The van der Waals surface area contributed by atoms with Crippen molar-refractivity contribution in [3.63, 3.8) is 0 Å². The maximum atomic E-state index is 5.93. The van der Waals surface area contributed by atoms with E-state index in [4.69, 9.17) is 18.9 Å². The predicted octanol–water partition coefficient (Wildman–Crippen LogP) is -0.837. The van der Waals surface area contributed by atoms with Crippen molar-refractivity contribution >= 4 is 7.85 Å². The van der Waals surface area contributed by atoms with Gasteiger partial charge in [-0.15, -0.1) is 0 Å². The molecule has 0 spiro atoms. The lowest BCUT2D eigenvalue weighted by atomic mass is 9.90. The quantitative estimate of drug-likeness (QED) is 0.557. The summed E-state index contributed by atoms with van der Waals surface area (Å²) in [7, 11) is 5.39. The fraction of sp³-hybridized carbons (Fsp3) is 1.00. The van der Waals surface area contributed by atoms with Crippen LogP contribution >= 0.6 is 0 Å². The summed E-state index contributed by atoms with van der Waals surface area (Å²) in [6.45, 7) is 2.53. The fourth-order valence-electron chi connectivity index (χ4n) is 2.66. The van der Waals surface area contributed by atoms with E-state index in [1.165, 1.54) is 0 Å². The van der Waals surface area contributed by atoms with Gasteiger partial charge in [-0.05, 0) is 6.92 Å². The fourth-order valence-corrected chi connectivity index (χ4v) is 2.66. The second kappa shape index (κ2) is 3.49. The Hall–Kier alpha value is -0.0951. The van der Waals surface area contributed by atoms with Crippen LogP contribution in [0.1, 0.15) is 6.92 Å². The predicted molar refractivity (Wildman–Crippen MR) is 53.2 cm³/mol. The first-order chi connectivity index (χ1) is 6.65. The van der Waals surface area contributed by atoms with Crippen LogP contribution in [0.4, 0.5) is 0 Å². The van der Waals surface area contributed by atoms with Crippen LogP contribution in [0.15, 0.2) is 0 Å². The van der Waals surface area contributed by atoms with Crippen LogP contribution < -0.4 is 0 Å². The number of ether oxygens (including phenoxy) is 4. The Balaban J connectivity index is 2.25. The van der Waals surface area contributed by atoms with Gasteiger partial charge in [0, 0.05) is 14.2 Å². The number of hydrogen-bond acceptors (Lipinski definition) is 4. The maximum Gasteiger partial charge on any atom is 0.145 e. The van der Waals surface area contributed by atoms with E-state index < -0.39 is 5.60 Å². The van der Waals surface area contributed by atoms with Crippen LogP contribution in [0.5, 0.6) is 0 Å². The molecule has 4 nitrogen and oxygen atoms in total. The molecule has 0 radical (unpaired) electrons. The van der Waals surface area contributed by atoms with E-state index in [0.717, 1.165) is 0 Å². The molecule has 2 rings (SSSR count). The molecule has 0 N–H and O–H groups in total. The number of rotatable bonds is 3. The maximum absolute atomic E-state index is 5.93. The molecule has 2 bridgehead atoms. The zero-order valence-electron chi connectivity index (χ0n) is 9.15. The van der Waals surface area contributed by atoms with Crippen molar-refractivity contribution in [1.82, 2.24) is 0 Å². The summed E-state index contributed by atoms with van der Waals surface area (Å²) in [5, 5.41) is 0. The number of methoxy groups -OCH3 is 2. The van der Waals surface area contributed by atoms with E-state index in [0.29, 0.717) is 6.61 Å². The third kappa shape index (κ3) is 1.16. The summed E-state index contributed by atoms with van der Waals surface area (Å²) in [5.74, 6) is 0. The molecule has 0 aromatic rings. The van der Waals surface area contributed by atoms with Gasteiger partial charge in [-0.2, -0.15) is 0 Å². The van der Waals surface area contributed by atoms with Crippen molar-refractivity contribution in [2.45, 2.75) is 36.8 Å². The minimum atomic E-state index is -0.409. The molecule has 5 heteroatoms. The topological polar surface area (TPSA) is 36.9 Å². The monoisotopic (exact) mass is 200 g/mol. The normalized spacial score (nSPS) is 51.4. The molecule has 0 aromatic carbocycles. The van der Waals surface area contributed by atoms with Crippen molar-refractivity contribution in [3.05, 3.63) is 0 Å². The molecule has 2 fully saturated rings. The molecule has 0 aromatic heterocycles. The molecule has 2 aliphatic rings. The first kappa shape index (κ1) is 10.4. The van der Waals surface area contributed by atoms with Crippen LogP contribution in [0.25, 0.3) is 0 Å². The molecule has 80 valence electrons. The highest BCUT2D eigenvalue weighted by atomic mass is 16.7. The van der Waals surface area contributed by atoms with Crippen LogP contribution in [0, 0.1) is 0 Å². The van der Waals surface area contributed by atoms with Gasteiger partial charge in [0.15, 0.2) is 0 Å². The zero-order valence-corrected chi connectivity index (χ0v) is 9.15. The van der Waals surface area contributed by atoms with E-state index in [-0.39, 0.29) is 24.3 Å². The van der Waals surface area contributed by atoms with E-state index in [1.807, 2.05) is 14.8 Å². The van der Waals surface area contributed by atoms with Gasteiger partial charge in [-0.1, -0.05) is 0 Å². The molecule has 0 aliphatic carbocycles. The zero-order chi connectivity index (χ0) is 10.3. The van der Waals surface area contributed by atoms with Crippen LogP contribution in [0.3, 0.4) is 0 Å². The average Bonchev–Trinajstić information content (AvgIpc) is 2.54. The largest absolute Gasteiger partial charge is 0.381 e. The lowest BCUT2D eigenvalue weighted by Crippen LogP contribution is -2.50. The van der Waals surface area contributed by atoms with E-state index in [1.54, 1.807) is 14.2 Å². The highest BCUT2D eigenvalue weighted by molar-refractivity contribution is 6.11. The molecule has 14 heavy (non-hydrogen) atoms. The number of hydrogen-bond donors (Lipinski definition) is 0. The van der Waals surface area contributed by atoms with Crippen molar-refractivity contribution in [3.8, 4) is 0 Å². The Morgan fingerprint density at radius 1 is 1.43 bits per heavy atom. The summed E-state index contributed by atoms with van der Waals surface area (Å²) in [5.41, 5.74) is -0.409. The Morgan fingerprint density at radius 2 is 2.14 bits per heavy atom. The molecular weight excluding hydrogens is 183 g/mol. The Kier molecular flexibility index (Phi) is 2.60. The van der Waals surface area contributed by atoms with Gasteiger partial charge in [-0.3, -0.25) is 0 Å². The summed E-state index contributed by atoms with van der Waals surface area (Å²) in [6, 6.07) is 0.0892. The van der Waals surface area contributed by atoms with Crippen molar-refractivity contribution in [2.24, 2.45) is 0 Å². The Labute approximate surface area is 85.3 Å². The van der Waals surface area contributed by atoms with Gasteiger partial charge in [0.05, 0.1) is 18.7 Å². The molecule has 2 heterocycles. The van der Waals surface area contributed by atoms with E-state index >= 15 is 0 Å². The van der Waals surface area contributed by atoms with Crippen LogP contribution in [-0.4, -0.2) is 58.6 Å². The smallest absolute Gasteiger partial charge is 0.145 e. The van der Waals surface area contributed by atoms with Crippen LogP contribution in [-0.2, 0) is 18.9 Å². The van der Waals surface area contributed by atoms with Gasteiger partial charge in [0.1, 0.15) is 25.7 Å². The molecule has 2 aliphatic heterocycles. The lowest BCUT2D eigenvalue weighted by Gasteiger charge is -2.34. The summed E-state index contributed by atoms with van der Waals surface area (Å²) in [6.07, 6.45) is 0.0752. The first-order valence-corrected chi connectivity index (χ1v) is 5.00. The third-order valence-corrected chi connectivity index (χ3v) is 3.32. The Bertz CT molecular complexity index is 225. The van der Waals surface area contributed by atoms with Gasteiger partial charge in [-0.25, -0.2) is 0 Å². The van der Waals surface area contributed by atoms with E-state index in [9.17, 15) is 0 Å². The molecule has 2 saturated heterocycles. The summed E-state index contributed by atoms with van der Waals surface area (Å²) >= 11 is 0. The summed E-state index contributed by atoms with van der Waals surface area (Å²) in [4.78, 5) is 0. The average molecular weight is 200 g/mol. The Morgan fingerprint density at radius 3 is 2.71 bits per heavy atom. The molecule has 0 saturated carbocycles. The van der Waals surface area contributed by atoms with Gasteiger partial charge >= 0.3 is 0 Å². The number of fused-ring (bicyclic) bond motifs is 2. The third-order valence-electron chi connectivity index (χ3n) is 3.32. The van der Waals surface area contributed by atoms with Gasteiger partial charge < -0.3 is 18.9 Å². The molecule has 5 atom stereocenters. The van der Waals surface area contributed by atoms with Crippen molar-refractivity contribution < 1.29 is 18.9 Å². The van der Waals surface area contributed by atoms with Gasteiger partial charge in [0.25, 0.3) is 0 Å². The second-order valence-electron chi connectivity index (χ2n) is 4.11. The SMILES string of the molecule is B[C@@H]1O[C@@]2(COC)C(C)OC1C2OC. The minimum absolute atomic E-state index is 0.00699. The second-order valence-corrected chi connectivity index (χ2v) is 4.11. The molecule has 3 unspecified atom stereocenters. The lowest BCUT2D eigenvalue weighted by molar-refractivity contribution is -0.178. The van der Waals surface area contributed by atoms with Crippen molar-refractivity contribution in [1.29, 1.82) is 0 Å².